The van der Waals surface area contributed by atoms with Crippen molar-refractivity contribution in [3.8, 4) is 11.8 Å². The molecule has 13 heteroatoms. The van der Waals surface area contributed by atoms with Crippen LogP contribution in [0.5, 0.6) is 0 Å². The van der Waals surface area contributed by atoms with Crippen LogP contribution in [-0.2, 0) is 45.3 Å². The van der Waals surface area contributed by atoms with Gasteiger partial charge in [-0.3, -0.25) is 19.2 Å². The predicted octanol–water partition coefficient (Wildman–Crippen LogP) is 9.40. The number of benzene rings is 6. The van der Waals surface area contributed by atoms with Crippen LogP contribution in [0.25, 0.3) is 0 Å². The van der Waals surface area contributed by atoms with E-state index in [1.807, 2.05) is 108 Å². The molecule has 0 bridgehead atoms. The first kappa shape index (κ1) is 49.9. The van der Waals surface area contributed by atoms with E-state index in [1.54, 1.807) is 29.4 Å². The first-order valence-corrected chi connectivity index (χ1v) is 23.6. The summed E-state index contributed by atoms with van der Waals surface area (Å²) in [6, 6.07) is 51.1. The molecule has 364 valence electrons. The Balaban J connectivity index is 1.05. The predicted molar refractivity (Wildman–Crippen MR) is 268 cm³/mol. The van der Waals surface area contributed by atoms with Gasteiger partial charge in [-0.15, -0.1) is 5.10 Å². The minimum atomic E-state index is -1.73. The zero-order valence-electron chi connectivity index (χ0n) is 40.1. The largest absolute Gasteiger partial charge is 0.462 e. The van der Waals surface area contributed by atoms with Crippen molar-refractivity contribution >= 4 is 29.5 Å². The van der Waals surface area contributed by atoms with Gasteiger partial charge in [0.1, 0.15) is 37.0 Å². The highest BCUT2D eigenvalue weighted by atomic mass is 19.1. The molecule has 0 radical (unpaired) electrons. The number of halogens is 1. The molecule has 3 atom stereocenters. The number of carbonyl (C=O) groups excluding carboxylic acids is 4. The van der Waals surface area contributed by atoms with Gasteiger partial charge in [-0.25, -0.2) is 14.1 Å². The van der Waals surface area contributed by atoms with Gasteiger partial charge in [-0.1, -0.05) is 139 Å². The van der Waals surface area contributed by atoms with E-state index in [0.29, 0.717) is 41.9 Å². The molecule has 0 unspecified atom stereocenters. The van der Waals surface area contributed by atoms with E-state index in [-0.39, 0.29) is 5.91 Å². The lowest BCUT2D eigenvalue weighted by molar-refractivity contribution is -0.155. The Kier molecular flexibility index (Phi) is 15.6. The minimum absolute atomic E-state index is 0.111. The Hall–Kier alpha value is -8.47. The molecule has 0 spiro atoms. The van der Waals surface area contributed by atoms with Gasteiger partial charge in [0.25, 0.3) is 0 Å². The molecule has 0 saturated carbocycles. The number of esters is 3. The summed E-state index contributed by atoms with van der Waals surface area (Å²) in [5.74, 6) is 4.02. The first-order valence-electron chi connectivity index (χ1n) is 23.6. The number of hydrogen-bond donors (Lipinski definition) is 1. The maximum atomic E-state index is 14.3. The van der Waals surface area contributed by atoms with E-state index >= 15 is 0 Å². The topological polar surface area (TPSA) is 150 Å². The second-order valence-corrected chi connectivity index (χ2v) is 17.6. The summed E-state index contributed by atoms with van der Waals surface area (Å²) in [7, 11) is 0. The highest BCUT2D eigenvalue weighted by molar-refractivity contribution is 6.03. The molecule has 1 fully saturated rings. The van der Waals surface area contributed by atoms with Gasteiger partial charge in [-0.2, -0.15) is 0 Å². The lowest BCUT2D eigenvalue weighted by atomic mass is 9.77. The van der Waals surface area contributed by atoms with Gasteiger partial charge >= 0.3 is 17.9 Å². The molecule has 2 heterocycles. The van der Waals surface area contributed by atoms with E-state index in [9.17, 15) is 28.7 Å². The molecule has 1 aromatic heterocycles. The van der Waals surface area contributed by atoms with Crippen LogP contribution in [-0.4, -0.2) is 62.5 Å². The van der Waals surface area contributed by atoms with Crippen LogP contribution in [0.15, 0.2) is 182 Å². The van der Waals surface area contributed by atoms with Crippen LogP contribution < -0.4 is 4.90 Å². The molecule has 1 aliphatic rings. The number of aromatic nitrogens is 3. The lowest BCUT2D eigenvalue weighted by Crippen LogP contribution is -2.55. The average Bonchev–Trinajstić information content (AvgIpc) is 3.87. The van der Waals surface area contributed by atoms with Crippen molar-refractivity contribution in [1.29, 1.82) is 0 Å². The van der Waals surface area contributed by atoms with Crippen molar-refractivity contribution < 1.29 is 42.9 Å². The summed E-state index contributed by atoms with van der Waals surface area (Å²) >= 11 is 0. The van der Waals surface area contributed by atoms with E-state index in [0.717, 1.165) is 27.8 Å². The lowest BCUT2D eigenvalue weighted by Gasteiger charge is -2.48. The summed E-state index contributed by atoms with van der Waals surface area (Å²) in [4.78, 5) is 55.8. The number of nitrogens with zero attached hydrogens (tertiary/aromatic N) is 4. The number of allylic oxidation sites excluding steroid dienone is 1. The normalized spacial score (nSPS) is 15.0. The van der Waals surface area contributed by atoms with E-state index in [1.165, 1.54) is 39.0 Å². The molecular weight excluding hydrogens is 912 g/mol. The molecule has 1 amide bonds. The highest BCUT2D eigenvalue weighted by Crippen LogP contribution is 2.47. The summed E-state index contributed by atoms with van der Waals surface area (Å²) in [5.41, 5.74) is 4.16. The molecular formula is C59H53FN4O8. The van der Waals surface area contributed by atoms with Gasteiger partial charge in [0.2, 0.25) is 11.7 Å². The Labute approximate surface area is 417 Å². The van der Waals surface area contributed by atoms with Gasteiger partial charge in [0.15, 0.2) is 5.60 Å². The number of carbonyl (C=O) groups is 4. The molecule has 1 saturated heterocycles. The average molecular weight is 965 g/mol. The quantitative estimate of drug-likeness (QED) is 0.0220. The van der Waals surface area contributed by atoms with Crippen molar-refractivity contribution in [2.45, 2.75) is 63.3 Å². The Morgan fingerprint density at radius 2 is 1.28 bits per heavy atom. The smallest absolute Gasteiger partial charge is 0.303 e. The van der Waals surface area contributed by atoms with E-state index < -0.39 is 66.1 Å². The van der Waals surface area contributed by atoms with Gasteiger partial charge < -0.3 is 24.2 Å². The van der Waals surface area contributed by atoms with Crippen molar-refractivity contribution in [3.63, 3.8) is 0 Å². The van der Waals surface area contributed by atoms with Gasteiger partial charge in [0, 0.05) is 32.0 Å². The Morgan fingerprint density at radius 3 is 1.81 bits per heavy atom. The standard InChI is InChI=1S/C59H53FN4O8/c1-41(65)70-38-58(69,39-71-42(2)66)37-13-14-44-21-26-47(27-22-44)56-53(34-35-54(72-43(3)67)46-28-30-51(60)31-29-46)57(68)64(56)52-32-23-45(24-33-52)25-36-55-61-40-63(62-55)59(48-15-7-4-8-16-48,49-17-9-5-10-18-49)50-19-11-6-12-20-50/h4-13,15-24,26-33,37,40,53-54,56,69H,14,34-35,38-39H2,1-3H3/b37-13+/t53-,54+,56-/m1/s1. The number of rotatable bonds is 18. The fraction of sp³-hybridized carbons (Fsp3) is 0.220. The highest BCUT2D eigenvalue weighted by Gasteiger charge is 2.48. The minimum Gasteiger partial charge on any atom is -0.462 e. The van der Waals surface area contributed by atoms with Crippen molar-refractivity contribution in [2.75, 3.05) is 18.1 Å². The SMILES string of the molecule is CC(=O)OCC(O)(/C=C/Cc1ccc([C@@H]2[C@@H](CC[C@H](OC(C)=O)c3ccc(F)cc3)C(=O)N2c2ccc(C#Cc3ncn(C(c4ccccc4)(c4ccccc4)c4ccccc4)n3)cc2)cc1)COC(C)=O. The second kappa shape index (κ2) is 22.5. The fourth-order valence-electron chi connectivity index (χ4n) is 9.11. The third kappa shape index (κ3) is 11.6. The van der Waals surface area contributed by atoms with Crippen LogP contribution in [0.2, 0.25) is 0 Å². The third-order valence-electron chi connectivity index (χ3n) is 12.5. The van der Waals surface area contributed by atoms with Crippen molar-refractivity contribution in [3.05, 3.63) is 233 Å². The molecule has 0 aliphatic carbocycles. The van der Waals surface area contributed by atoms with Gasteiger partial charge in [0.05, 0.1) is 12.0 Å². The molecule has 72 heavy (non-hydrogen) atoms. The number of aliphatic hydroxyl groups is 1. The monoisotopic (exact) mass is 964 g/mol. The number of hydrogen-bond acceptors (Lipinski definition) is 10. The number of β-lactam (4-membered cyclic amide) rings is 1. The molecule has 1 aliphatic heterocycles. The zero-order valence-corrected chi connectivity index (χ0v) is 40.1. The number of anilines is 1. The second-order valence-electron chi connectivity index (χ2n) is 17.6. The fourth-order valence-corrected chi connectivity index (χ4v) is 9.11. The third-order valence-corrected chi connectivity index (χ3v) is 12.5. The molecule has 1 N–H and O–H groups in total. The van der Waals surface area contributed by atoms with Crippen molar-refractivity contribution in [1.82, 2.24) is 14.8 Å². The Morgan fingerprint density at radius 1 is 0.722 bits per heavy atom. The van der Waals surface area contributed by atoms with E-state index in [2.05, 4.69) is 53.2 Å². The van der Waals surface area contributed by atoms with Crippen LogP contribution >= 0.6 is 0 Å². The van der Waals surface area contributed by atoms with Crippen molar-refractivity contribution in [2.24, 2.45) is 5.92 Å². The maximum Gasteiger partial charge on any atom is 0.303 e. The summed E-state index contributed by atoms with van der Waals surface area (Å²) in [6.07, 6.45) is 5.24. The van der Waals surface area contributed by atoms with Gasteiger partial charge in [-0.05, 0) is 101 Å². The van der Waals surface area contributed by atoms with Crippen LogP contribution in [0, 0.1) is 23.6 Å². The molecule has 7 aromatic rings. The summed E-state index contributed by atoms with van der Waals surface area (Å²) in [6.45, 7) is 2.97. The van der Waals surface area contributed by atoms with E-state index in [4.69, 9.17) is 19.3 Å². The summed E-state index contributed by atoms with van der Waals surface area (Å²) < 4.78 is 31.5. The molecule has 6 aromatic carbocycles. The van der Waals surface area contributed by atoms with Crippen LogP contribution in [0.1, 0.15) is 90.5 Å². The maximum absolute atomic E-state index is 14.3. The molecule has 12 nitrogen and oxygen atoms in total. The number of ether oxygens (including phenoxy) is 3. The van der Waals surface area contributed by atoms with Crippen LogP contribution in [0.3, 0.4) is 0 Å². The first-order chi connectivity index (χ1) is 34.8. The zero-order chi connectivity index (χ0) is 50.7. The molecule has 8 rings (SSSR count). The van der Waals surface area contributed by atoms with Crippen LogP contribution in [0.4, 0.5) is 10.1 Å². The summed E-state index contributed by atoms with van der Waals surface area (Å²) in [5, 5.41) is 16.0. The Bertz CT molecular complexity index is 2960. The number of amides is 1.